The molecule has 1 aromatic heterocycles. The average molecular weight is 323 g/mol. The van der Waals surface area contributed by atoms with Crippen LogP contribution in [0.5, 0.6) is 0 Å². The second-order valence-corrected chi connectivity index (χ2v) is 6.89. The molecule has 0 aliphatic carbocycles. The van der Waals surface area contributed by atoms with Crippen LogP contribution in [-0.4, -0.2) is 21.3 Å². The summed E-state index contributed by atoms with van der Waals surface area (Å²) in [5.74, 6) is 0. The number of hydrogen-bond donors (Lipinski definition) is 1. The number of nitrogens with zero attached hydrogens (tertiary/aromatic N) is 2. The molecule has 1 N–H and O–H groups in total. The van der Waals surface area contributed by atoms with Gasteiger partial charge < -0.3 is 9.67 Å². The summed E-state index contributed by atoms with van der Waals surface area (Å²) in [6, 6.07) is 5.69. The number of aromatic nitrogens is 1. The van der Waals surface area contributed by atoms with Crippen LogP contribution in [0.4, 0.5) is 10.5 Å². The van der Waals surface area contributed by atoms with E-state index in [-0.39, 0.29) is 0 Å². The van der Waals surface area contributed by atoms with Gasteiger partial charge in [-0.25, -0.2) is 4.79 Å². The number of halogens is 1. The minimum absolute atomic E-state index is 0.547. The molecule has 0 radical (unpaired) electrons. The van der Waals surface area contributed by atoms with Gasteiger partial charge in [0, 0.05) is 23.7 Å². The van der Waals surface area contributed by atoms with E-state index in [2.05, 4.69) is 11.5 Å². The molecule has 0 fully saturated rings. The first kappa shape index (κ1) is 16.7. The molecule has 120 valence electrons. The Morgan fingerprint density at radius 1 is 1.36 bits per heavy atom. The standard InChI is InChI=1S/C17H23ClN2O2/c1-5-6-10-19-11-12(18)15-13(19)8-7-9-14(15)20(16(21)22)17(2,3)4/h7-9,11H,5-6,10H2,1-4H3,(H,21,22). The lowest BCUT2D eigenvalue weighted by Crippen LogP contribution is -2.45. The number of fused-ring (bicyclic) bond motifs is 1. The van der Waals surface area contributed by atoms with Gasteiger partial charge in [0.15, 0.2) is 0 Å². The fourth-order valence-electron chi connectivity index (χ4n) is 2.73. The number of unbranched alkanes of at least 4 members (excludes halogenated alkanes) is 1. The van der Waals surface area contributed by atoms with Gasteiger partial charge in [0.2, 0.25) is 0 Å². The van der Waals surface area contributed by atoms with Crippen LogP contribution in [0, 0.1) is 0 Å². The van der Waals surface area contributed by atoms with Crippen LogP contribution in [0.2, 0.25) is 5.02 Å². The van der Waals surface area contributed by atoms with Gasteiger partial charge in [-0.3, -0.25) is 4.90 Å². The van der Waals surface area contributed by atoms with Crippen molar-refractivity contribution < 1.29 is 9.90 Å². The van der Waals surface area contributed by atoms with Crippen LogP contribution < -0.4 is 4.90 Å². The molecule has 4 nitrogen and oxygen atoms in total. The largest absolute Gasteiger partial charge is 0.465 e. The summed E-state index contributed by atoms with van der Waals surface area (Å²) in [6.45, 7) is 8.65. The molecule has 0 atom stereocenters. The van der Waals surface area contributed by atoms with Gasteiger partial charge >= 0.3 is 6.09 Å². The molecule has 1 amide bonds. The van der Waals surface area contributed by atoms with Crippen LogP contribution in [-0.2, 0) is 6.54 Å². The first-order valence-electron chi connectivity index (χ1n) is 7.58. The minimum Gasteiger partial charge on any atom is -0.465 e. The molecule has 0 saturated heterocycles. The van der Waals surface area contributed by atoms with Gasteiger partial charge in [-0.2, -0.15) is 0 Å². The molecule has 0 bridgehead atoms. The van der Waals surface area contributed by atoms with Gasteiger partial charge in [-0.1, -0.05) is 31.0 Å². The van der Waals surface area contributed by atoms with E-state index in [1.807, 2.05) is 45.2 Å². The summed E-state index contributed by atoms with van der Waals surface area (Å²) in [6.07, 6.45) is 3.08. The third-order valence-electron chi connectivity index (χ3n) is 3.69. The average Bonchev–Trinajstić information content (AvgIpc) is 2.72. The lowest BCUT2D eigenvalue weighted by atomic mass is 10.0. The lowest BCUT2D eigenvalue weighted by molar-refractivity contribution is 0.196. The Kier molecular flexibility index (Phi) is 4.71. The Bertz CT molecular complexity index is 686. The Hall–Kier alpha value is -1.68. The monoisotopic (exact) mass is 322 g/mol. The van der Waals surface area contributed by atoms with E-state index in [1.54, 1.807) is 0 Å². The molecular formula is C17H23ClN2O2. The van der Waals surface area contributed by atoms with E-state index in [4.69, 9.17) is 11.6 Å². The van der Waals surface area contributed by atoms with Crippen molar-refractivity contribution in [2.75, 3.05) is 4.90 Å². The van der Waals surface area contributed by atoms with Crippen molar-refractivity contribution in [1.82, 2.24) is 4.57 Å². The van der Waals surface area contributed by atoms with Gasteiger partial charge in [-0.05, 0) is 39.3 Å². The predicted molar refractivity (Wildman–Crippen MR) is 92.1 cm³/mol. The van der Waals surface area contributed by atoms with E-state index in [9.17, 15) is 9.90 Å². The highest BCUT2D eigenvalue weighted by atomic mass is 35.5. The van der Waals surface area contributed by atoms with E-state index in [1.165, 1.54) is 4.90 Å². The topological polar surface area (TPSA) is 45.5 Å². The second kappa shape index (κ2) is 6.21. The molecule has 0 aliphatic rings. The highest BCUT2D eigenvalue weighted by Gasteiger charge is 2.30. The summed E-state index contributed by atoms with van der Waals surface area (Å²) >= 11 is 6.42. The van der Waals surface area contributed by atoms with Gasteiger partial charge in [-0.15, -0.1) is 0 Å². The molecule has 2 aromatic rings. The van der Waals surface area contributed by atoms with Crippen LogP contribution >= 0.6 is 11.6 Å². The Morgan fingerprint density at radius 3 is 2.59 bits per heavy atom. The number of carboxylic acid groups (broad SMARTS) is 1. The van der Waals surface area contributed by atoms with Gasteiger partial charge in [0.25, 0.3) is 0 Å². The maximum Gasteiger partial charge on any atom is 0.412 e. The predicted octanol–water partition coefficient (Wildman–Crippen LogP) is 5.38. The SMILES string of the molecule is CCCCn1cc(Cl)c2c(N(C(=O)O)C(C)(C)C)cccc21. The zero-order chi connectivity index (χ0) is 16.5. The van der Waals surface area contributed by atoms with Crippen LogP contribution in [0.1, 0.15) is 40.5 Å². The number of rotatable bonds is 4. The van der Waals surface area contributed by atoms with Crippen molar-refractivity contribution in [3.8, 4) is 0 Å². The summed E-state index contributed by atoms with van der Waals surface area (Å²) in [5.41, 5.74) is 1.07. The van der Waals surface area contributed by atoms with Crippen LogP contribution in [0.15, 0.2) is 24.4 Å². The molecule has 0 spiro atoms. The van der Waals surface area contributed by atoms with Crippen molar-refractivity contribution in [3.63, 3.8) is 0 Å². The lowest BCUT2D eigenvalue weighted by Gasteiger charge is -2.33. The summed E-state index contributed by atoms with van der Waals surface area (Å²) in [4.78, 5) is 13.1. The number of hydrogen-bond acceptors (Lipinski definition) is 1. The van der Waals surface area contributed by atoms with Crippen molar-refractivity contribution in [3.05, 3.63) is 29.4 Å². The number of benzene rings is 1. The molecule has 22 heavy (non-hydrogen) atoms. The fraction of sp³-hybridized carbons (Fsp3) is 0.471. The Morgan fingerprint density at radius 2 is 2.05 bits per heavy atom. The summed E-state index contributed by atoms with van der Waals surface area (Å²) in [7, 11) is 0. The molecule has 1 aromatic carbocycles. The number of anilines is 1. The molecule has 2 rings (SSSR count). The molecule has 5 heteroatoms. The number of aryl methyl sites for hydroxylation is 1. The number of amides is 1. The molecule has 0 unspecified atom stereocenters. The minimum atomic E-state index is -0.975. The summed E-state index contributed by atoms with van der Waals surface area (Å²) < 4.78 is 2.10. The van der Waals surface area contributed by atoms with E-state index in [0.29, 0.717) is 10.7 Å². The quantitative estimate of drug-likeness (QED) is 0.821. The van der Waals surface area contributed by atoms with E-state index < -0.39 is 11.6 Å². The highest BCUT2D eigenvalue weighted by Crippen LogP contribution is 2.37. The molecule has 0 aliphatic heterocycles. The first-order chi connectivity index (χ1) is 10.3. The third kappa shape index (κ3) is 3.07. The Labute approximate surface area is 136 Å². The second-order valence-electron chi connectivity index (χ2n) is 6.48. The smallest absolute Gasteiger partial charge is 0.412 e. The van der Waals surface area contributed by atoms with E-state index >= 15 is 0 Å². The maximum absolute atomic E-state index is 11.8. The normalized spacial score (nSPS) is 11.9. The first-order valence-corrected chi connectivity index (χ1v) is 7.95. The molecular weight excluding hydrogens is 300 g/mol. The molecule has 1 heterocycles. The Balaban J connectivity index is 2.65. The van der Waals surface area contributed by atoms with Crippen molar-refractivity contribution in [1.29, 1.82) is 0 Å². The van der Waals surface area contributed by atoms with Crippen molar-refractivity contribution >= 4 is 34.3 Å². The van der Waals surface area contributed by atoms with Crippen LogP contribution in [0.25, 0.3) is 10.9 Å². The molecule has 0 saturated carbocycles. The number of carbonyl (C=O) groups is 1. The van der Waals surface area contributed by atoms with E-state index in [0.717, 1.165) is 30.3 Å². The van der Waals surface area contributed by atoms with Crippen LogP contribution in [0.3, 0.4) is 0 Å². The van der Waals surface area contributed by atoms with Gasteiger partial charge in [0.05, 0.1) is 16.2 Å². The van der Waals surface area contributed by atoms with Crippen molar-refractivity contribution in [2.24, 2.45) is 0 Å². The maximum atomic E-state index is 11.8. The fourth-order valence-corrected chi connectivity index (χ4v) is 3.05. The van der Waals surface area contributed by atoms with Crippen molar-refractivity contribution in [2.45, 2.75) is 52.6 Å². The zero-order valence-corrected chi connectivity index (χ0v) is 14.3. The van der Waals surface area contributed by atoms with Gasteiger partial charge in [0.1, 0.15) is 0 Å². The summed E-state index contributed by atoms with van der Waals surface area (Å²) in [5, 5.41) is 11.0. The highest BCUT2D eigenvalue weighted by molar-refractivity contribution is 6.37. The third-order valence-corrected chi connectivity index (χ3v) is 3.98. The zero-order valence-electron chi connectivity index (χ0n) is 13.6.